The van der Waals surface area contributed by atoms with Crippen molar-refractivity contribution >= 4 is 16.7 Å². The fourth-order valence-electron chi connectivity index (χ4n) is 3.06. The Bertz CT molecular complexity index is 844. The summed E-state index contributed by atoms with van der Waals surface area (Å²) in [5.74, 6) is -0.739. The molecule has 1 aliphatic heterocycles. The topological polar surface area (TPSA) is 77.2 Å². The smallest absolute Gasteiger partial charge is 0.349 e. The maximum absolute atomic E-state index is 13.4. The van der Waals surface area contributed by atoms with Crippen molar-refractivity contribution in [2.24, 2.45) is 0 Å². The molecule has 0 aliphatic carbocycles. The number of pyridine rings is 1. The van der Waals surface area contributed by atoms with E-state index in [9.17, 15) is 22.8 Å². The van der Waals surface area contributed by atoms with Crippen LogP contribution < -0.4 is 16.2 Å². The second-order valence-electron chi connectivity index (χ2n) is 6.15. The molecular weight excluding hydrogens is 349 g/mol. The molecule has 2 heterocycles. The minimum atomic E-state index is -4.46. The molecule has 0 spiro atoms. The van der Waals surface area contributed by atoms with Crippen LogP contribution >= 0.6 is 0 Å². The molecule has 140 valence electrons. The van der Waals surface area contributed by atoms with Crippen molar-refractivity contribution in [1.82, 2.24) is 20.5 Å². The number of aromatic amines is 1. The normalized spacial score (nSPS) is 17.2. The molecule has 6 nitrogen and oxygen atoms in total. The third-order valence-corrected chi connectivity index (χ3v) is 4.42. The fourth-order valence-corrected chi connectivity index (χ4v) is 3.06. The number of carbonyl (C=O) groups is 1. The molecule has 1 aliphatic rings. The van der Waals surface area contributed by atoms with Gasteiger partial charge < -0.3 is 15.6 Å². The van der Waals surface area contributed by atoms with Crippen molar-refractivity contribution in [3.8, 4) is 0 Å². The first-order chi connectivity index (χ1) is 12.4. The lowest BCUT2D eigenvalue weighted by Crippen LogP contribution is -2.57. The van der Waals surface area contributed by atoms with E-state index in [0.29, 0.717) is 23.9 Å². The average molecular weight is 368 g/mol. The number of rotatable bonds is 4. The summed E-state index contributed by atoms with van der Waals surface area (Å²) < 4.78 is 40.1. The van der Waals surface area contributed by atoms with Gasteiger partial charge in [-0.05, 0) is 17.5 Å². The van der Waals surface area contributed by atoms with Gasteiger partial charge in [-0.3, -0.25) is 14.5 Å². The van der Waals surface area contributed by atoms with Crippen LogP contribution in [-0.2, 0) is 0 Å². The van der Waals surface area contributed by atoms with Gasteiger partial charge in [0.15, 0.2) is 0 Å². The average Bonchev–Trinajstić information content (AvgIpc) is 2.61. The van der Waals surface area contributed by atoms with Crippen molar-refractivity contribution in [2.45, 2.75) is 12.2 Å². The Hall–Kier alpha value is -2.39. The Morgan fingerprint density at radius 2 is 1.92 bits per heavy atom. The summed E-state index contributed by atoms with van der Waals surface area (Å²) in [7, 11) is 0. The standard InChI is InChI=1S/C17H19F3N4O2/c18-17(19,20)14(24-7-5-21-6-8-24)10-22-16(26)13-9-11-3-1-2-4-12(11)15(25)23-13/h1-4,9,14,21H,5-8,10H2,(H,22,26)(H,23,25). The van der Waals surface area contributed by atoms with Gasteiger partial charge in [0.05, 0.1) is 0 Å². The molecular formula is C17H19F3N4O2. The monoisotopic (exact) mass is 368 g/mol. The summed E-state index contributed by atoms with van der Waals surface area (Å²) in [5.41, 5.74) is -0.516. The summed E-state index contributed by atoms with van der Waals surface area (Å²) in [4.78, 5) is 28.0. The van der Waals surface area contributed by atoms with Gasteiger partial charge in [-0.1, -0.05) is 18.2 Å². The van der Waals surface area contributed by atoms with Crippen LogP contribution in [0.3, 0.4) is 0 Å². The molecule has 3 N–H and O–H groups in total. The fraction of sp³-hybridized carbons (Fsp3) is 0.412. The number of aromatic nitrogens is 1. The molecule has 0 saturated carbocycles. The Morgan fingerprint density at radius 3 is 2.62 bits per heavy atom. The van der Waals surface area contributed by atoms with E-state index in [4.69, 9.17) is 0 Å². The van der Waals surface area contributed by atoms with Gasteiger partial charge >= 0.3 is 6.18 Å². The molecule has 1 aromatic heterocycles. The van der Waals surface area contributed by atoms with Gasteiger partial charge in [0.2, 0.25) is 0 Å². The number of hydrogen-bond donors (Lipinski definition) is 3. The molecule has 3 rings (SSSR count). The molecule has 1 fully saturated rings. The lowest BCUT2D eigenvalue weighted by molar-refractivity contribution is -0.183. The number of hydrogen-bond acceptors (Lipinski definition) is 4. The summed E-state index contributed by atoms with van der Waals surface area (Å²) >= 11 is 0. The maximum atomic E-state index is 13.4. The Morgan fingerprint density at radius 1 is 1.23 bits per heavy atom. The van der Waals surface area contributed by atoms with Crippen LogP contribution in [-0.4, -0.2) is 60.7 Å². The number of piperazine rings is 1. The van der Waals surface area contributed by atoms with Crippen molar-refractivity contribution in [1.29, 1.82) is 0 Å². The zero-order valence-corrected chi connectivity index (χ0v) is 13.9. The molecule has 0 radical (unpaired) electrons. The number of fused-ring (bicyclic) bond motifs is 1. The highest BCUT2D eigenvalue weighted by molar-refractivity contribution is 5.96. The zero-order valence-electron chi connectivity index (χ0n) is 13.9. The van der Waals surface area contributed by atoms with Crippen LogP contribution in [0, 0.1) is 0 Å². The van der Waals surface area contributed by atoms with E-state index in [-0.39, 0.29) is 18.8 Å². The first kappa shape index (κ1) is 18.4. The van der Waals surface area contributed by atoms with Crippen LogP contribution in [0.15, 0.2) is 35.1 Å². The van der Waals surface area contributed by atoms with E-state index in [2.05, 4.69) is 15.6 Å². The summed E-state index contributed by atoms with van der Waals surface area (Å²) in [6.45, 7) is 0.883. The minimum Gasteiger partial charge on any atom is -0.349 e. The van der Waals surface area contributed by atoms with E-state index < -0.39 is 30.2 Å². The Balaban J connectivity index is 1.75. The summed E-state index contributed by atoms with van der Waals surface area (Å²) in [5, 5.41) is 6.27. The third-order valence-electron chi connectivity index (χ3n) is 4.42. The highest BCUT2D eigenvalue weighted by atomic mass is 19.4. The highest BCUT2D eigenvalue weighted by Gasteiger charge is 2.43. The maximum Gasteiger partial charge on any atom is 0.405 e. The molecule has 0 bridgehead atoms. The lowest BCUT2D eigenvalue weighted by atomic mass is 10.1. The number of carbonyl (C=O) groups excluding carboxylic acids is 1. The van der Waals surface area contributed by atoms with Gasteiger partial charge in [-0.2, -0.15) is 13.2 Å². The first-order valence-electron chi connectivity index (χ1n) is 8.28. The predicted molar refractivity (Wildman–Crippen MR) is 91.2 cm³/mol. The molecule has 2 aromatic rings. The Labute approximate surface area is 147 Å². The first-order valence-corrected chi connectivity index (χ1v) is 8.28. The number of halogens is 3. The van der Waals surface area contributed by atoms with Gasteiger partial charge in [0, 0.05) is 38.1 Å². The van der Waals surface area contributed by atoms with Gasteiger partial charge in [-0.25, -0.2) is 0 Å². The van der Waals surface area contributed by atoms with Crippen LogP contribution in [0.25, 0.3) is 10.8 Å². The summed E-state index contributed by atoms with van der Waals surface area (Å²) in [6, 6.07) is 6.38. The van der Waals surface area contributed by atoms with Crippen molar-refractivity contribution < 1.29 is 18.0 Å². The van der Waals surface area contributed by atoms with Gasteiger partial charge in [-0.15, -0.1) is 0 Å². The quantitative estimate of drug-likeness (QED) is 0.755. The predicted octanol–water partition coefficient (Wildman–Crippen LogP) is 1.09. The van der Waals surface area contributed by atoms with Crippen LogP contribution in [0.4, 0.5) is 13.2 Å². The van der Waals surface area contributed by atoms with Gasteiger partial charge in [0.25, 0.3) is 11.5 Å². The van der Waals surface area contributed by atoms with Crippen LogP contribution in [0.2, 0.25) is 0 Å². The molecule has 26 heavy (non-hydrogen) atoms. The molecule has 1 aromatic carbocycles. The molecule has 9 heteroatoms. The molecule has 1 amide bonds. The molecule has 1 unspecified atom stereocenters. The number of amides is 1. The largest absolute Gasteiger partial charge is 0.405 e. The zero-order chi connectivity index (χ0) is 18.7. The summed E-state index contributed by atoms with van der Waals surface area (Å²) in [6.07, 6.45) is -4.46. The number of benzene rings is 1. The second kappa shape index (κ2) is 7.46. The van der Waals surface area contributed by atoms with E-state index >= 15 is 0 Å². The van der Waals surface area contributed by atoms with Crippen LogP contribution in [0.1, 0.15) is 10.5 Å². The SMILES string of the molecule is O=C(NCC(N1CCNCC1)C(F)(F)F)c1cc2ccccc2c(=O)[nH]1. The third kappa shape index (κ3) is 4.05. The van der Waals surface area contributed by atoms with Crippen molar-refractivity contribution in [3.05, 3.63) is 46.4 Å². The van der Waals surface area contributed by atoms with Crippen molar-refractivity contribution in [3.63, 3.8) is 0 Å². The molecule has 1 atom stereocenters. The van der Waals surface area contributed by atoms with E-state index in [1.54, 1.807) is 24.3 Å². The number of nitrogens with zero attached hydrogens (tertiary/aromatic N) is 1. The Kier molecular flexibility index (Phi) is 5.28. The van der Waals surface area contributed by atoms with Gasteiger partial charge in [0.1, 0.15) is 11.7 Å². The van der Waals surface area contributed by atoms with E-state index in [1.807, 2.05) is 0 Å². The van der Waals surface area contributed by atoms with E-state index in [1.165, 1.54) is 11.0 Å². The molecule has 1 saturated heterocycles. The lowest BCUT2D eigenvalue weighted by Gasteiger charge is -2.35. The highest BCUT2D eigenvalue weighted by Crippen LogP contribution is 2.24. The van der Waals surface area contributed by atoms with Crippen LogP contribution in [0.5, 0.6) is 0 Å². The van der Waals surface area contributed by atoms with Crippen molar-refractivity contribution in [2.75, 3.05) is 32.7 Å². The second-order valence-corrected chi connectivity index (χ2v) is 6.15. The minimum absolute atomic E-state index is 0.0602. The number of alkyl halides is 3. The number of H-pyrrole nitrogens is 1. The number of nitrogens with one attached hydrogen (secondary N) is 3. The van der Waals surface area contributed by atoms with E-state index in [0.717, 1.165) is 0 Å².